The topological polar surface area (TPSA) is 75.3 Å². The molecular weight excluding hydrogens is 328 g/mol. The first-order chi connectivity index (χ1) is 12.3. The van der Waals surface area contributed by atoms with E-state index in [-0.39, 0.29) is 23.5 Å². The molecule has 26 heavy (non-hydrogen) atoms. The molecule has 1 unspecified atom stereocenters. The first-order valence-corrected chi connectivity index (χ1v) is 8.58. The lowest BCUT2D eigenvalue weighted by atomic mass is 10.0. The van der Waals surface area contributed by atoms with E-state index in [0.717, 1.165) is 5.56 Å². The predicted molar refractivity (Wildman–Crippen MR) is 102 cm³/mol. The van der Waals surface area contributed by atoms with E-state index in [0.29, 0.717) is 16.8 Å². The lowest BCUT2D eigenvalue weighted by Gasteiger charge is -2.22. The van der Waals surface area contributed by atoms with Gasteiger partial charge in [-0.05, 0) is 55.7 Å². The van der Waals surface area contributed by atoms with E-state index in [1.807, 2.05) is 32.9 Å². The zero-order chi connectivity index (χ0) is 19.3. The van der Waals surface area contributed by atoms with Crippen LogP contribution in [-0.4, -0.2) is 23.6 Å². The Labute approximate surface area is 153 Å². The molecule has 2 aromatic carbocycles. The summed E-state index contributed by atoms with van der Waals surface area (Å²) in [6.45, 7) is 7.10. The summed E-state index contributed by atoms with van der Waals surface area (Å²) in [5.41, 5.74) is 2.57. The van der Waals surface area contributed by atoms with Crippen molar-refractivity contribution in [3.05, 3.63) is 65.2 Å². The molecule has 0 aliphatic carbocycles. The highest BCUT2D eigenvalue weighted by atomic mass is 16.2. The number of rotatable bonds is 6. The fourth-order valence-electron chi connectivity index (χ4n) is 2.59. The van der Waals surface area contributed by atoms with Crippen LogP contribution in [0, 0.1) is 12.8 Å². The molecule has 0 saturated carbocycles. The lowest BCUT2D eigenvalue weighted by Crippen LogP contribution is -2.47. The van der Waals surface area contributed by atoms with Gasteiger partial charge in [0.15, 0.2) is 5.78 Å². The van der Waals surface area contributed by atoms with Gasteiger partial charge in [-0.3, -0.25) is 14.4 Å². The third-order valence-corrected chi connectivity index (χ3v) is 4.18. The summed E-state index contributed by atoms with van der Waals surface area (Å²) in [5.74, 6) is -0.686. The van der Waals surface area contributed by atoms with E-state index < -0.39 is 6.04 Å². The largest absolute Gasteiger partial charge is 0.340 e. The average Bonchev–Trinajstić information content (AvgIpc) is 2.59. The Balaban J connectivity index is 2.11. The third kappa shape index (κ3) is 4.79. The Morgan fingerprint density at radius 1 is 0.923 bits per heavy atom. The summed E-state index contributed by atoms with van der Waals surface area (Å²) < 4.78 is 0. The van der Waals surface area contributed by atoms with Crippen LogP contribution in [0.15, 0.2) is 48.5 Å². The molecule has 1 atom stereocenters. The minimum Gasteiger partial charge on any atom is -0.340 e. The number of carbonyl (C=O) groups excluding carboxylic acids is 3. The zero-order valence-corrected chi connectivity index (χ0v) is 15.5. The van der Waals surface area contributed by atoms with Crippen molar-refractivity contribution in [2.75, 3.05) is 5.32 Å². The number of hydrogen-bond acceptors (Lipinski definition) is 3. The normalized spacial score (nSPS) is 11.7. The minimum atomic E-state index is -0.672. The van der Waals surface area contributed by atoms with Crippen molar-refractivity contribution in [1.82, 2.24) is 5.32 Å². The zero-order valence-electron chi connectivity index (χ0n) is 15.5. The molecule has 5 heteroatoms. The fraction of sp³-hybridized carbons (Fsp3) is 0.286. The Morgan fingerprint density at radius 3 is 2.08 bits per heavy atom. The van der Waals surface area contributed by atoms with Gasteiger partial charge in [0.1, 0.15) is 6.04 Å². The van der Waals surface area contributed by atoms with Crippen LogP contribution in [0.1, 0.15) is 47.1 Å². The van der Waals surface area contributed by atoms with Crippen molar-refractivity contribution in [3.63, 3.8) is 0 Å². The molecule has 2 aromatic rings. The maximum Gasteiger partial charge on any atom is 0.252 e. The van der Waals surface area contributed by atoms with E-state index in [1.54, 1.807) is 36.4 Å². The van der Waals surface area contributed by atoms with Crippen LogP contribution in [0.4, 0.5) is 5.69 Å². The summed E-state index contributed by atoms with van der Waals surface area (Å²) in [7, 11) is 0. The van der Waals surface area contributed by atoms with Gasteiger partial charge in [0, 0.05) is 16.8 Å². The summed E-state index contributed by atoms with van der Waals surface area (Å²) in [6, 6.07) is 13.3. The van der Waals surface area contributed by atoms with Crippen LogP contribution < -0.4 is 10.6 Å². The van der Waals surface area contributed by atoms with Crippen molar-refractivity contribution in [2.24, 2.45) is 5.92 Å². The first kappa shape index (κ1) is 19.4. The van der Waals surface area contributed by atoms with Gasteiger partial charge in [-0.2, -0.15) is 0 Å². The summed E-state index contributed by atoms with van der Waals surface area (Å²) in [4.78, 5) is 36.5. The van der Waals surface area contributed by atoms with Gasteiger partial charge >= 0.3 is 0 Å². The van der Waals surface area contributed by atoms with Gasteiger partial charge in [0.25, 0.3) is 5.91 Å². The van der Waals surface area contributed by atoms with Gasteiger partial charge in [-0.1, -0.05) is 32.0 Å². The lowest BCUT2D eigenvalue weighted by molar-refractivity contribution is -0.118. The molecular formula is C21H24N2O3. The van der Waals surface area contributed by atoms with Crippen molar-refractivity contribution in [1.29, 1.82) is 0 Å². The quantitative estimate of drug-likeness (QED) is 0.780. The van der Waals surface area contributed by atoms with Gasteiger partial charge in [0.2, 0.25) is 5.91 Å². The third-order valence-electron chi connectivity index (χ3n) is 4.18. The predicted octanol–water partition coefficient (Wildman–Crippen LogP) is 3.59. The number of Topliss-reactive ketones (excluding diaryl/α,β-unsaturated/α-hetero) is 1. The molecule has 0 bridgehead atoms. The number of benzene rings is 2. The SMILES string of the molecule is CC(=O)c1ccc(NC(=O)C(NC(=O)c2ccccc2C)C(C)C)cc1. The molecule has 0 heterocycles. The molecule has 2 N–H and O–H groups in total. The Hall–Kier alpha value is -2.95. The van der Waals surface area contributed by atoms with Crippen molar-refractivity contribution in [2.45, 2.75) is 33.7 Å². The van der Waals surface area contributed by atoms with Gasteiger partial charge < -0.3 is 10.6 Å². The molecule has 0 saturated heterocycles. The number of aryl methyl sites for hydroxylation is 1. The highest BCUT2D eigenvalue weighted by molar-refractivity contribution is 6.02. The number of nitrogens with one attached hydrogen (secondary N) is 2. The van der Waals surface area contributed by atoms with Crippen LogP contribution in [0.5, 0.6) is 0 Å². The fourth-order valence-corrected chi connectivity index (χ4v) is 2.59. The summed E-state index contributed by atoms with van der Waals surface area (Å²) >= 11 is 0. The van der Waals surface area contributed by atoms with Crippen LogP contribution in [-0.2, 0) is 4.79 Å². The average molecular weight is 352 g/mol. The van der Waals surface area contributed by atoms with Gasteiger partial charge in [-0.15, -0.1) is 0 Å². The molecule has 0 radical (unpaired) electrons. The molecule has 0 spiro atoms. The van der Waals surface area contributed by atoms with Gasteiger partial charge in [-0.25, -0.2) is 0 Å². The standard InChI is InChI=1S/C21H24N2O3/c1-13(2)19(23-20(25)18-8-6-5-7-14(18)3)21(26)22-17-11-9-16(10-12-17)15(4)24/h5-13,19H,1-4H3,(H,22,26)(H,23,25). The van der Waals surface area contributed by atoms with Crippen LogP contribution in [0.3, 0.4) is 0 Å². The van der Waals surface area contributed by atoms with Crippen molar-refractivity contribution < 1.29 is 14.4 Å². The van der Waals surface area contributed by atoms with E-state index in [9.17, 15) is 14.4 Å². The second kappa shape index (κ2) is 8.43. The molecule has 2 amide bonds. The summed E-state index contributed by atoms with van der Waals surface area (Å²) in [5, 5.41) is 5.61. The maximum absolute atomic E-state index is 12.6. The number of anilines is 1. The number of carbonyl (C=O) groups is 3. The Morgan fingerprint density at radius 2 is 1.54 bits per heavy atom. The van der Waals surface area contributed by atoms with Crippen LogP contribution in [0.2, 0.25) is 0 Å². The molecule has 5 nitrogen and oxygen atoms in total. The van der Waals surface area contributed by atoms with E-state index in [1.165, 1.54) is 6.92 Å². The van der Waals surface area contributed by atoms with Crippen LogP contribution in [0.25, 0.3) is 0 Å². The van der Waals surface area contributed by atoms with Crippen LogP contribution >= 0.6 is 0 Å². The van der Waals surface area contributed by atoms with Crippen molar-refractivity contribution in [3.8, 4) is 0 Å². The highest BCUT2D eigenvalue weighted by Crippen LogP contribution is 2.13. The second-order valence-electron chi connectivity index (χ2n) is 6.63. The molecule has 2 rings (SSSR count). The maximum atomic E-state index is 12.6. The van der Waals surface area contributed by atoms with E-state index in [2.05, 4.69) is 10.6 Å². The summed E-state index contributed by atoms with van der Waals surface area (Å²) in [6.07, 6.45) is 0. The molecule has 136 valence electrons. The van der Waals surface area contributed by atoms with Crippen molar-refractivity contribution >= 4 is 23.3 Å². The number of ketones is 1. The number of hydrogen-bond donors (Lipinski definition) is 2. The monoisotopic (exact) mass is 352 g/mol. The smallest absolute Gasteiger partial charge is 0.252 e. The molecule has 0 fully saturated rings. The molecule has 0 aliphatic rings. The Kier molecular flexibility index (Phi) is 6.28. The second-order valence-corrected chi connectivity index (χ2v) is 6.63. The number of amides is 2. The molecule has 0 aromatic heterocycles. The Bertz CT molecular complexity index is 810. The first-order valence-electron chi connectivity index (χ1n) is 8.58. The molecule has 0 aliphatic heterocycles. The van der Waals surface area contributed by atoms with Gasteiger partial charge in [0.05, 0.1) is 0 Å². The van der Waals surface area contributed by atoms with E-state index in [4.69, 9.17) is 0 Å². The minimum absolute atomic E-state index is 0.0339. The van der Waals surface area contributed by atoms with E-state index >= 15 is 0 Å². The highest BCUT2D eigenvalue weighted by Gasteiger charge is 2.25.